The SMILES string of the molecule is CC(=O)N1CCN(CC(=O)N2N=C(c3cccc(C)c3)CC2c2ccc(C)cc2)CC1. The topological polar surface area (TPSA) is 56.2 Å². The third-order valence-electron chi connectivity index (χ3n) is 6.16. The van der Waals surface area contributed by atoms with Crippen LogP contribution in [0.4, 0.5) is 0 Å². The molecular formula is C25H30N4O2. The van der Waals surface area contributed by atoms with Crippen molar-refractivity contribution in [3.05, 3.63) is 70.8 Å². The largest absolute Gasteiger partial charge is 0.340 e. The van der Waals surface area contributed by atoms with Gasteiger partial charge >= 0.3 is 0 Å². The lowest BCUT2D eigenvalue weighted by molar-refractivity contribution is -0.135. The number of aryl methyl sites for hydroxylation is 2. The van der Waals surface area contributed by atoms with E-state index in [1.165, 1.54) is 11.1 Å². The fraction of sp³-hybridized carbons (Fsp3) is 0.400. The lowest BCUT2D eigenvalue weighted by Gasteiger charge is -2.34. The molecule has 1 atom stereocenters. The van der Waals surface area contributed by atoms with Crippen molar-refractivity contribution in [2.24, 2.45) is 5.10 Å². The Hall–Kier alpha value is -2.99. The summed E-state index contributed by atoms with van der Waals surface area (Å²) in [4.78, 5) is 28.8. The molecule has 6 heteroatoms. The van der Waals surface area contributed by atoms with E-state index in [0.717, 1.165) is 16.8 Å². The second-order valence-electron chi connectivity index (χ2n) is 8.57. The van der Waals surface area contributed by atoms with E-state index in [1.54, 1.807) is 11.9 Å². The molecule has 2 aliphatic rings. The van der Waals surface area contributed by atoms with Gasteiger partial charge < -0.3 is 4.90 Å². The summed E-state index contributed by atoms with van der Waals surface area (Å²) < 4.78 is 0. The van der Waals surface area contributed by atoms with Crippen molar-refractivity contribution in [3.63, 3.8) is 0 Å². The molecule has 0 aliphatic carbocycles. The van der Waals surface area contributed by atoms with Crippen LogP contribution in [0, 0.1) is 13.8 Å². The highest BCUT2D eigenvalue weighted by molar-refractivity contribution is 6.03. The summed E-state index contributed by atoms with van der Waals surface area (Å²) in [6, 6.07) is 16.6. The number of amides is 2. The van der Waals surface area contributed by atoms with Gasteiger partial charge in [0.05, 0.1) is 18.3 Å². The van der Waals surface area contributed by atoms with Crippen LogP contribution in [0.15, 0.2) is 53.6 Å². The molecule has 1 unspecified atom stereocenters. The zero-order valence-corrected chi connectivity index (χ0v) is 18.5. The van der Waals surface area contributed by atoms with Crippen molar-refractivity contribution in [3.8, 4) is 0 Å². The molecule has 6 nitrogen and oxygen atoms in total. The van der Waals surface area contributed by atoms with Crippen LogP contribution in [0.2, 0.25) is 0 Å². The first-order valence-electron chi connectivity index (χ1n) is 10.9. The lowest BCUT2D eigenvalue weighted by atomic mass is 9.97. The minimum absolute atomic E-state index is 0.00417. The van der Waals surface area contributed by atoms with Crippen LogP contribution >= 0.6 is 0 Å². The number of nitrogens with zero attached hydrogens (tertiary/aromatic N) is 4. The molecule has 2 aromatic rings. The van der Waals surface area contributed by atoms with Gasteiger partial charge in [-0.05, 0) is 25.0 Å². The molecule has 31 heavy (non-hydrogen) atoms. The fourth-order valence-corrected chi connectivity index (χ4v) is 4.27. The monoisotopic (exact) mass is 418 g/mol. The maximum absolute atomic E-state index is 13.3. The molecule has 0 radical (unpaired) electrons. The molecule has 0 spiro atoms. The van der Waals surface area contributed by atoms with Gasteiger partial charge in [0.25, 0.3) is 5.91 Å². The molecule has 0 aromatic heterocycles. The number of hydrogen-bond acceptors (Lipinski definition) is 4. The summed E-state index contributed by atoms with van der Waals surface area (Å²) in [6.45, 7) is 8.81. The summed E-state index contributed by atoms with van der Waals surface area (Å²) in [6.07, 6.45) is 0.705. The summed E-state index contributed by atoms with van der Waals surface area (Å²) in [5, 5.41) is 6.48. The standard InChI is InChI=1S/C25H30N4O2/c1-18-7-9-21(10-8-18)24-16-23(22-6-4-5-19(2)15-22)26-29(24)25(31)17-27-11-13-28(14-12-27)20(3)30/h4-10,15,24H,11-14,16-17H2,1-3H3. The average Bonchev–Trinajstić information content (AvgIpc) is 3.20. The van der Waals surface area contributed by atoms with Gasteiger partial charge in [0, 0.05) is 39.5 Å². The third-order valence-corrected chi connectivity index (χ3v) is 6.16. The quantitative estimate of drug-likeness (QED) is 0.767. The van der Waals surface area contributed by atoms with E-state index < -0.39 is 0 Å². The zero-order valence-electron chi connectivity index (χ0n) is 18.5. The van der Waals surface area contributed by atoms with Crippen molar-refractivity contribution < 1.29 is 9.59 Å². The molecule has 2 aromatic carbocycles. The summed E-state index contributed by atoms with van der Waals surface area (Å²) >= 11 is 0. The van der Waals surface area contributed by atoms with Gasteiger partial charge in [-0.3, -0.25) is 14.5 Å². The van der Waals surface area contributed by atoms with E-state index in [0.29, 0.717) is 39.1 Å². The van der Waals surface area contributed by atoms with Crippen molar-refractivity contribution in [1.29, 1.82) is 0 Å². The first kappa shape index (κ1) is 21.2. The van der Waals surface area contributed by atoms with Crippen LogP contribution in [0.25, 0.3) is 0 Å². The van der Waals surface area contributed by atoms with Gasteiger partial charge in [-0.2, -0.15) is 5.10 Å². The molecule has 4 rings (SSSR count). The molecule has 2 heterocycles. The highest BCUT2D eigenvalue weighted by atomic mass is 16.2. The first-order valence-corrected chi connectivity index (χ1v) is 10.9. The Balaban J connectivity index is 1.54. The predicted molar refractivity (Wildman–Crippen MR) is 122 cm³/mol. The van der Waals surface area contributed by atoms with Crippen LogP contribution < -0.4 is 0 Å². The maximum atomic E-state index is 13.3. The van der Waals surface area contributed by atoms with E-state index in [9.17, 15) is 9.59 Å². The van der Waals surface area contributed by atoms with Gasteiger partial charge in [-0.1, -0.05) is 59.7 Å². The number of piperazine rings is 1. The second-order valence-corrected chi connectivity index (χ2v) is 8.57. The van der Waals surface area contributed by atoms with Gasteiger partial charge in [0.1, 0.15) is 0 Å². The summed E-state index contributed by atoms with van der Waals surface area (Å²) in [5.41, 5.74) is 5.50. The van der Waals surface area contributed by atoms with Crippen molar-refractivity contribution >= 4 is 17.5 Å². The highest BCUT2D eigenvalue weighted by Gasteiger charge is 2.34. The molecule has 1 saturated heterocycles. The molecular weight excluding hydrogens is 388 g/mol. The number of benzene rings is 2. The third kappa shape index (κ3) is 4.85. The van der Waals surface area contributed by atoms with Crippen molar-refractivity contribution in [2.75, 3.05) is 32.7 Å². The molecule has 162 valence electrons. The highest BCUT2D eigenvalue weighted by Crippen LogP contribution is 2.33. The van der Waals surface area contributed by atoms with Crippen LogP contribution in [-0.2, 0) is 9.59 Å². The van der Waals surface area contributed by atoms with E-state index in [2.05, 4.69) is 61.2 Å². The van der Waals surface area contributed by atoms with Crippen LogP contribution in [0.3, 0.4) is 0 Å². The maximum Gasteiger partial charge on any atom is 0.257 e. The summed E-state index contributed by atoms with van der Waals surface area (Å²) in [5.74, 6) is 0.0989. The average molecular weight is 419 g/mol. The van der Waals surface area contributed by atoms with Crippen LogP contribution in [0.5, 0.6) is 0 Å². The van der Waals surface area contributed by atoms with Gasteiger partial charge in [-0.15, -0.1) is 0 Å². The normalized spacial score (nSPS) is 19.5. The Kier molecular flexibility index (Phi) is 6.18. The molecule has 0 saturated carbocycles. The minimum Gasteiger partial charge on any atom is -0.340 e. The lowest BCUT2D eigenvalue weighted by Crippen LogP contribution is -2.50. The van der Waals surface area contributed by atoms with E-state index in [4.69, 9.17) is 5.10 Å². The van der Waals surface area contributed by atoms with Crippen molar-refractivity contribution in [1.82, 2.24) is 14.8 Å². The predicted octanol–water partition coefficient (Wildman–Crippen LogP) is 3.15. The van der Waals surface area contributed by atoms with E-state index in [-0.39, 0.29) is 17.9 Å². The molecule has 2 aliphatic heterocycles. The van der Waals surface area contributed by atoms with Gasteiger partial charge in [0.15, 0.2) is 0 Å². The Morgan fingerprint density at radius 2 is 1.68 bits per heavy atom. The van der Waals surface area contributed by atoms with Gasteiger partial charge in [-0.25, -0.2) is 5.01 Å². The van der Waals surface area contributed by atoms with Gasteiger partial charge in [0.2, 0.25) is 5.91 Å². The second kappa shape index (κ2) is 9.02. The summed E-state index contributed by atoms with van der Waals surface area (Å²) in [7, 11) is 0. The van der Waals surface area contributed by atoms with Crippen molar-refractivity contribution in [2.45, 2.75) is 33.2 Å². The minimum atomic E-state index is -0.0953. The Morgan fingerprint density at radius 3 is 2.32 bits per heavy atom. The van der Waals surface area contributed by atoms with Crippen LogP contribution in [-0.4, -0.2) is 65.1 Å². The Morgan fingerprint density at radius 1 is 0.968 bits per heavy atom. The smallest absolute Gasteiger partial charge is 0.257 e. The van der Waals surface area contributed by atoms with Crippen LogP contribution in [0.1, 0.15) is 41.6 Å². The molecule has 0 bridgehead atoms. The molecule has 1 fully saturated rings. The van der Waals surface area contributed by atoms with E-state index in [1.807, 2.05) is 11.0 Å². The Labute approximate surface area is 184 Å². The Bertz CT molecular complexity index is 991. The first-order chi connectivity index (χ1) is 14.9. The number of carbonyl (C=O) groups is 2. The fourth-order valence-electron chi connectivity index (χ4n) is 4.27. The number of hydrazone groups is 1. The number of hydrogen-bond donors (Lipinski definition) is 0. The molecule has 2 amide bonds. The van der Waals surface area contributed by atoms with E-state index >= 15 is 0 Å². The number of rotatable bonds is 4. The molecule has 0 N–H and O–H groups in total. The number of carbonyl (C=O) groups excluding carboxylic acids is 2. The zero-order chi connectivity index (χ0) is 22.0.